The van der Waals surface area contributed by atoms with Gasteiger partial charge in [0.25, 0.3) is 0 Å². The second-order valence-electron chi connectivity index (χ2n) is 4.00. The lowest BCUT2D eigenvalue weighted by Crippen LogP contribution is -2.30. The molecule has 1 amide bonds. The first-order valence-electron chi connectivity index (χ1n) is 5.89. The number of methoxy groups -OCH3 is 1. The van der Waals surface area contributed by atoms with Crippen molar-refractivity contribution in [3.05, 3.63) is 24.0 Å². The van der Waals surface area contributed by atoms with Crippen molar-refractivity contribution in [2.45, 2.75) is 26.3 Å². The maximum atomic E-state index is 13.6. The molecule has 1 aromatic carbocycles. The summed E-state index contributed by atoms with van der Waals surface area (Å²) in [6.45, 7) is 3.14. The van der Waals surface area contributed by atoms with E-state index < -0.39 is 17.8 Å². The Morgan fingerprint density at radius 1 is 1.42 bits per heavy atom. The molecule has 5 nitrogen and oxygen atoms in total. The molecular weight excluding hydrogens is 251 g/mol. The standard InChI is InChI=1S/C13H17FN2O3/c1-4-11(13(18)19-3)16-12-7-9(15-8(2)17)5-6-10(12)14/h5-7,11,16H,4H2,1-3H3,(H,15,17). The number of esters is 1. The Morgan fingerprint density at radius 3 is 2.63 bits per heavy atom. The highest BCUT2D eigenvalue weighted by atomic mass is 19.1. The minimum atomic E-state index is -0.632. The Hall–Kier alpha value is -2.11. The molecule has 0 radical (unpaired) electrons. The van der Waals surface area contributed by atoms with Gasteiger partial charge in [-0.2, -0.15) is 0 Å². The zero-order chi connectivity index (χ0) is 14.4. The van der Waals surface area contributed by atoms with E-state index >= 15 is 0 Å². The molecule has 1 aromatic rings. The molecule has 1 atom stereocenters. The van der Waals surface area contributed by atoms with Gasteiger partial charge in [0, 0.05) is 12.6 Å². The van der Waals surface area contributed by atoms with Gasteiger partial charge in [0.1, 0.15) is 11.9 Å². The van der Waals surface area contributed by atoms with Crippen LogP contribution in [0, 0.1) is 5.82 Å². The van der Waals surface area contributed by atoms with Crippen LogP contribution in [0.15, 0.2) is 18.2 Å². The van der Waals surface area contributed by atoms with Gasteiger partial charge in [0.05, 0.1) is 12.8 Å². The number of ether oxygens (including phenoxy) is 1. The predicted octanol–water partition coefficient (Wildman–Crippen LogP) is 2.15. The predicted molar refractivity (Wildman–Crippen MR) is 70.4 cm³/mol. The van der Waals surface area contributed by atoms with Crippen LogP contribution in [0.1, 0.15) is 20.3 Å². The summed E-state index contributed by atoms with van der Waals surface area (Å²) in [4.78, 5) is 22.4. The van der Waals surface area contributed by atoms with Crippen molar-refractivity contribution in [3.8, 4) is 0 Å². The van der Waals surface area contributed by atoms with Crippen LogP contribution in [-0.2, 0) is 14.3 Å². The van der Waals surface area contributed by atoms with E-state index in [-0.39, 0.29) is 11.6 Å². The maximum absolute atomic E-state index is 13.6. The van der Waals surface area contributed by atoms with Crippen LogP contribution in [0.2, 0.25) is 0 Å². The second kappa shape index (κ2) is 6.72. The molecule has 104 valence electrons. The minimum absolute atomic E-state index is 0.142. The molecule has 0 aromatic heterocycles. The molecular formula is C13H17FN2O3. The number of carbonyl (C=O) groups is 2. The van der Waals surface area contributed by atoms with Crippen LogP contribution in [-0.4, -0.2) is 25.0 Å². The molecule has 0 saturated heterocycles. The van der Waals surface area contributed by atoms with Crippen molar-refractivity contribution in [2.75, 3.05) is 17.7 Å². The van der Waals surface area contributed by atoms with E-state index in [4.69, 9.17) is 0 Å². The number of benzene rings is 1. The fourth-order valence-corrected chi connectivity index (χ4v) is 1.57. The number of carbonyl (C=O) groups excluding carboxylic acids is 2. The molecule has 0 fully saturated rings. The highest BCUT2D eigenvalue weighted by molar-refractivity contribution is 5.89. The third-order valence-electron chi connectivity index (χ3n) is 2.51. The Morgan fingerprint density at radius 2 is 2.11 bits per heavy atom. The van der Waals surface area contributed by atoms with Crippen molar-refractivity contribution in [1.82, 2.24) is 0 Å². The molecule has 0 spiro atoms. The second-order valence-corrected chi connectivity index (χ2v) is 4.00. The largest absolute Gasteiger partial charge is 0.467 e. The monoisotopic (exact) mass is 268 g/mol. The molecule has 6 heteroatoms. The van der Waals surface area contributed by atoms with E-state index in [1.165, 1.54) is 32.2 Å². The molecule has 0 heterocycles. The first-order chi connectivity index (χ1) is 8.97. The number of rotatable bonds is 5. The van der Waals surface area contributed by atoms with Gasteiger partial charge in [0.2, 0.25) is 5.91 Å². The lowest BCUT2D eigenvalue weighted by atomic mass is 10.2. The van der Waals surface area contributed by atoms with Crippen molar-refractivity contribution >= 4 is 23.3 Å². The summed E-state index contributed by atoms with van der Waals surface area (Å²) in [5.74, 6) is -1.22. The van der Waals surface area contributed by atoms with Gasteiger partial charge >= 0.3 is 5.97 Å². The molecule has 2 N–H and O–H groups in total. The van der Waals surface area contributed by atoms with E-state index in [1.54, 1.807) is 6.92 Å². The van der Waals surface area contributed by atoms with Gasteiger partial charge < -0.3 is 15.4 Å². The fraction of sp³-hybridized carbons (Fsp3) is 0.385. The number of amides is 1. The lowest BCUT2D eigenvalue weighted by Gasteiger charge is -2.17. The summed E-state index contributed by atoms with van der Waals surface area (Å²) < 4.78 is 18.3. The van der Waals surface area contributed by atoms with Gasteiger partial charge in [-0.3, -0.25) is 4.79 Å². The average molecular weight is 268 g/mol. The van der Waals surface area contributed by atoms with Gasteiger partial charge in [-0.05, 0) is 24.6 Å². The lowest BCUT2D eigenvalue weighted by molar-refractivity contribution is -0.141. The van der Waals surface area contributed by atoms with Gasteiger partial charge in [0.15, 0.2) is 0 Å². The average Bonchev–Trinajstić information content (AvgIpc) is 2.37. The number of hydrogen-bond acceptors (Lipinski definition) is 4. The van der Waals surface area contributed by atoms with Crippen molar-refractivity contribution in [2.24, 2.45) is 0 Å². The fourth-order valence-electron chi connectivity index (χ4n) is 1.57. The SMILES string of the molecule is CCC(Nc1cc(NC(C)=O)ccc1F)C(=O)OC. The van der Waals surface area contributed by atoms with E-state index in [2.05, 4.69) is 15.4 Å². The molecule has 0 bridgehead atoms. The summed E-state index contributed by atoms with van der Waals surface area (Å²) in [6, 6.07) is 3.47. The summed E-state index contributed by atoms with van der Waals surface area (Å²) in [7, 11) is 1.27. The zero-order valence-electron chi connectivity index (χ0n) is 11.1. The van der Waals surface area contributed by atoms with E-state index in [0.717, 1.165) is 0 Å². The summed E-state index contributed by atoms with van der Waals surface area (Å²) in [6.07, 6.45) is 0.455. The quantitative estimate of drug-likeness (QED) is 0.803. The Balaban J connectivity index is 2.92. The molecule has 1 rings (SSSR count). The number of nitrogens with one attached hydrogen (secondary N) is 2. The van der Waals surface area contributed by atoms with Crippen LogP contribution in [0.4, 0.5) is 15.8 Å². The molecule has 1 unspecified atom stereocenters. The topological polar surface area (TPSA) is 67.4 Å². The van der Waals surface area contributed by atoms with E-state index in [0.29, 0.717) is 12.1 Å². The van der Waals surface area contributed by atoms with Crippen LogP contribution in [0.25, 0.3) is 0 Å². The van der Waals surface area contributed by atoms with Crippen LogP contribution < -0.4 is 10.6 Å². The van der Waals surface area contributed by atoms with E-state index in [1.807, 2.05) is 0 Å². The highest BCUT2D eigenvalue weighted by Gasteiger charge is 2.18. The normalized spacial score (nSPS) is 11.6. The van der Waals surface area contributed by atoms with Crippen molar-refractivity contribution in [1.29, 1.82) is 0 Å². The maximum Gasteiger partial charge on any atom is 0.328 e. The third kappa shape index (κ3) is 4.24. The van der Waals surface area contributed by atoms with E-state index in [9.17, 15) is 14.0 Å². The Kier molecular flexibility index (Phi) is 5.29. The summed E-state index contributed by atoms with van der Waals surface area (Å²) in [5, 5.41) is 5.31. The summed E-state index contributed by atoms with van der Waals surface area (Å²) >= 11 is 0. The first kappa shape index (κ1) is 14.9. The highest BCUT2D eigenvalue weighted by Crippen LogP contribution is 2.21. The Bertz CT molecular complexity index is 477. The number of halogens is 1. The smallest absolute Gasteiger partial charge is 0.328 e. The van der Waals surface area contributed by atoms with Gasteiger partial charge in [-0.1, -0.05) is 6.92 Å². The molecule has 0 saturated carbocycles. The molecule has 0 aliphatic rings. The van der Waals surface area contributed by atoms with Gasteiger partial charge in [-0.15, -0.1) is 0 Å². The number of hydrogen-bond donors (Lipinski definition) is 2. The van der Waals surface area contributed by atoms with Crippen molar-refractivity contribution < 1.29 is 18.7 Å². The Labute approximate surface area is 111 Å². The zero-order valence-corrected chi connectivity index (χ0v) is 11.1. The number of anilines is 2. The summed E-state index contributed by atoms with van der Waals surface area (Å²) in [5.41, 5.74) is 0.597. The van der Waals surface area contributed by atoms with Crippen LogP contribution >= 0.6 is 0 Å². The first-order valence-corrected chi connectivity index (χ1v) is 5.89. The van der Waals surface area contributed by atoms with Crippen molar-refractivity contribution in [3.63, 3.8) is 0 Å². The molecule has 19 heavy (non-hydrogen) atoms. The minimum Gasteiger partial charge on any atom is -0.467 e. The van der Waals surface area contributed by atoms with Crippen LogP contribution in [0.3, 0.4) is 0 Å². The molecule has 0 aliphatic heterocycles. The third-order valence-corrected chi connectivity index (χ3v) is 2.51. The molecule has 0 aliphatic carbocycles. The van der Waals surface area contributed by atoms with Crippen LogP contribution in [0.5, 0.6) is 0 Å². The van der Waals surface area contributed by atoms with Gasteiger partial charge in [-0.25, -0.2) is 9.18 Å².